The molecule has 3 aromatic heterocycles. The van der Waals surface area contributed by atoms with Crippen LogP contribution in [0.4, 0.5) is 0 Å². The first-order chi connectivity index (χ1) is 14.3. The zero-order valence-corrected chi connectivity index (χ0v) is 18.0. The van der Waals surface area contributed by atoms with Gasteiger partial charge in [-0.1, -0.05) is 13.8 Å². The summed E-state index contributed by atoms with van der Waals surface area (Å²) < 4.78 is 12.1. The Bertz CT molecular complexity index is 1340. The number of aromatic nitrogens is 5. The second-order valence-corrected chi connectivity index (χ2v) is 7.97. The van der Waals surface area contributed by atoms with Crippen molar-refractivity contribution in [3.63, 3.8) is 0 Å². The maximum atomic E-state index is 13.2. The molecular weight excluding hydrogens is 382 g/mol. The molecule has 4 rings (SSSR count). The van der Waals surface area contributed by atoms with E-state index in [1.807, 2.05) is 48.9 Å². The lowest BCUT2D eigenvalue weighted by Crippen LogP contribution is -2.39. The van der Waals surface area contributed by atoms with Gasteiger partial charge in [0, 0.05) is 31.2 Å². The van der Waals surface area contributed by atoms with E-state index in [2.05, 4.69) is 18.8 Å². The van der Waals surface area contributed by atoms with E-state index in [4.69, 9.17) is 4.74 Å². The van der Waals surface area contributed by atoms with Gasteiger partial charge in [0.05, 0.1) is 6.61 Å². The summed E-state index contributed by atoms with van der Waals surface area (Å²) in [5, 5.41) is 0. The number of imidazole rings is 2. The van der Waals surface area contributed by atoms with Gasteiger partial charge in [-0.05, 0) is 50.5 Å². The van der Waals surface area contributed by atoms with Crippen molar-refractivity contribution in [2.75, 3.05) is 6.61 Å². The molecule has 0 bridgehead atoms. The molecule has 0 saturated carbocycles. The highest BCUT2D eigenvalue weighted by Gasteiger charge is 2.20. The van der Waals surface area contributed by atoms with E-state index in [9.17, 15) is 9.59 Å². The summed E-state index contributed by atoms with van der Waals surface area (Å²) in [6.07, 6.45) is 2.65. The topological polar surface area (TPSA) is 75.5 Å². The molecule has 0 radical (unpaired) electrons. The number of fused-ring (bicyclic) bond motifs is 3. The van der Waals surface area contributed by atoms with Gasteiger partial charge in [0.2, 0.25) is 5.78 Å². The predicted octanol–water partition coefficient (Wildman–Crippen LogP) is 2.89. The molecule has 0 unspecified atom stereocenters. The van der Waals surface area contributed by atoms with Crippen molar-refractivity contribution in [3.8, 4) is 11.4 Å². The van der Waals surface area contributed by atoms with Gasteiger partial charge in [-0.25, -0.2) is 4.79 Å². The zero-order chi connectivity index (χ0) is 21.6. The van der Waals surface area contributed by atoms with Crippen LogP contribution in [0, 0.1) is 12.8 Å². The SMILES string of the molecule is CCOc1ccc(-n2c(C)cn3c4c(=O)n(CCC(C)C)c(=O)n(C)c4nc23)cc1. The first-order valence-corrected chi connectivity index (χ1v) is 10.3. The molecule has 3 heterocycles. The normalized spacial score (nSPS) is 11.8. The Morgan fingerprint density at radius 2 is 1.83 bits per heavy atom. The van der Waals surface area contributed by atoms with Crippen molar-refractivity contribution in [3.05, 3.63) is 57.0 Å². The fraction of sp³-hybridized carbons (Fsp3) is 0.409. The lowest BCUT2D eigenvalue weighted by molar-refractivity contribution is 0.340. The minimum atomic E-state index is -0.335. The van der Waals surface area contributed by atoms with Gasteiger partial charge in [0.1, 0.15) is 5.75 Å². The van der Waals surface area contributed by atoms with Crippen molar-refractivity contribution >= 4 is 16.9 Å². The highest BCUT2D eigenvalue weighted by Crippen LogP contribution is 2.23. The summed E-state index contributed by atoms with van der Waals surface area (Å²) in [7, 11) is 1.66. The quantitative estimate of drug-likeness (QED) is 0.491. The molecule has 0 aliphatic rings. The number of hydrogen-bond donors (Lipinski definition) is 0. The van der Waals surface area contributed by atoms with Crippen LogP contribution in [-0.2, 0) is 13.6 Å². The third-order valence-corrected chi connectivity index (χ3v) is 5.36. The number of benzene rings is 1. The van der Waals surface area contributed by atoms with Crippen molar-refractivity contribution in [2.45, 2.75) is 40.7 Å². The molecular formula is C22H27N5O3. The molecule has 8 heteroatoms. The Kier molecular flexibility index (Phi) is 5.01. The Hall–Kier alpha value is -3.29. The van der Waals surface area contributed by atoms with E-state index in [0.717, 1.165) is 23.6 Å². The Morgan fingerprint density at radius 3 is 2.47 bits per heavy atom. The predicted molar refractivity (Wildman–Crippen MR) is 117 cm³/mol. The third kappa shape index (κ3) is 3.12. The van der Waals surface area contributed by atoms with Crippen LogP contribution in [0.25, 0.3) is 22.6 Å². The molecule has 1 aromatic carbocycles. The molecule has 0 saturated heterocycles. The van der Waals surface area contributed by atoms with E-state index in [0.29, 0.717) is 36.0 Å². The molecule has 30 heavy (non-hydrogen) atoms. The van der Waals surface area contributed by atoms with Crippen LogP contribution in [0.1, 0.15) is 32.9 Å². The van der Waals surface area contributed by atoms with Crippen LogP contribution >= 0.6 is 0 Å². The Balaban J connectivity index is 1.95. The number of rotatable bonds is 6. The van der Waals surface area contributed by atoms with E-state index in [1.165, 1.54) is 9.13 Å². The van der Waals surface area contributed by atoms with E-state index >= 15 is 0 Å². The molecule has 0 aliphatic heterocycles. The monoisotopic (exact) mass is 409 g/mol. The summed E-state index contributed by atoms with van der Waals surface area (Å²) in [6.45, 7) is 9.06. The summed E-state index contributed by atoms with van der Waals surface area (Å²) in [6, 6.07) is 7.73. The molecule has 0 fully saturated rings. The number of ether oxygens (including phenoxy) is 1. The summed E-state index contributed by atoms with van der Waals surface area (Å²) in [5.41, 5.74) is 2.02. The average Bonchev–Trinajstić information content (AvgIpc) is 3.21. The van der Waals surface area contributed by atoms with Crippen molar-refractivity contribution in [1.82, 2.24) is 23.1 Å². The number of nitrogens with zero attached hydrogens (tertiary/aromatic N) is 5. The van der Waals surface area contributed by atoms with Gasteiger partial charge >= 0.3 is 5.69 Å². The minimum Gasteiger partial charge on any atom is -0.494 e. The second-order valence-electron chi connectivity index (χ2n) is 7.97. The van der Waals surface area contributed by atoms with Crippen molar-refractivity contribution in [1.29, 1.82) is 0 Å². The van der Waals surface area contributed by atoms with Crippen LogP contribution in [0.2, 0.25) is 0 Å². The van der Waals surface area contributed by atoms with Crippen LogP contribution < -0.4 is 16.0 Å². The van der Waals surface area contributed by atoms with Crippen LogP contribution in [0.3, 0.4) is 0 Å². The van der Waals surface area contributed by atoms with Crippen molar-refractivity contribution in [2.24, 2.45) is 13.0 Å². The highest BCUT2D eigenvalue weighted by molar-refractivity contribution is 5.76. The lowest BCUT2D eigenvalue weighted by Gasteiger charge is -2.09. The fourth-order valence-corrected chi connectivity index (χ4v) is 3.77. The average molecular weight is 409 g/mol. The molecule has 0 N–H and O–H groups in total. The lowest BCUT2D eigenvalue weighted by atomic mass is 10.1. The van der Waals surface area contributed by atoms with Gasteiger partial charge in [0.15, 0.2) is 11.2 Å². The third-order valence-electron chi connectivity index (χ3n) is 5.36. The Labute approximate surface area is 174 Å². The standard InChI is InChI=1S/C22H27N5O3/c1-6-30-17-9-7-16(8-10-17)27-15(4)13-26-18-19(23-21(26)27)24(5)22(29)25(20(18)28)12-11-14(2)3/h7-10,13-14H,6,11-12H2,1-5H3. The molecule has 0 aliphatic carbocycles. The number of aryl methyl sites for hydroxylation is 2. The first-order valence-electron chi connectivity index (χ1n) is 10.3. The van der Waals surface area contributed by atoms with Crippen LogP contribution in [0.5, 0.6) is 5.75 Å². The fourth-order valence-electron chi connectivity index (χ4n) is 3.77. The highest BCUT2D eigenvalue weighted by atomic mass is 16.5. The summed E-state index contributed by atoms with van der Waals surface area (Å²) in [5.74, 6) is 1.79. The van der Waals surface area contributed by atoms with E-state index < -0.39 is 0 Å². The van der Waals surface area contributed by atoms with Crippen molar-refractivity contribution < 1.29 is 4.74 Å². The molecule has 158 valence electrons. The van der Waals surface area contributed by atoms with Gasteiger partial charge in [-0.15, -0.1) is 0 Å². The van der Waals surface area contributed by atoms with Gasteiger partial charge < -0.3 is 4.74 Å². The first kappa shape index (κ1) is 20.0. The zero-order valence-electron chi connectivity index (χ0n) is 18.0. The molecule has 0 atom stereocenters. The van der Waals surface area contributed by atoms with Gasteiger partial charge in [-0.2, -0.15) is 4.98 Å². The Morgan fingerprint density at radius 1 is 1.13 bits per heavy atom. The van der Waals surface area contributed by atoms with Gasteiger partial charge in [-0.3, -0.25) is 22.9 Å². The summed E-state index contributed by atoms with van der Waals surface area (Å²) in [4.78, 5) is 30.7. The molecule has 0 amide bonds. The van der Waals surface area contributed by atoms with E-state index in [-0.39, 0.29) is 11.2 Å². The van der Waals surface area contributed by atoms with Crippen LogP contribution in [0.15, 0.2) is 40.1 Å². The largest absolute Gasteiger partial charge is 0.494 e. The molecule has 0 spiro atoms. The van der Waals surface area contributed by atoms with Gasteiger partial charge in [0.25, 0.3) is 5.56 Å². The minimum absolute atomic E-state index is 0.301. The maximum Gasteiger partial charge on any atom is 0.332 e. The number of hydrogen-bond acceptors (Lipinski definition) is 4. The van der Waals surface area contributed by atoms with E-state index in [1.54, 1.807) is 11.4 Å². The maximum absolute atomic E-state index is 13.2. The van der Waals surface area contributed by atoms with Crippen LogP contribution in [-0.4, -0.2) is 29.7 Å². The second kappa shape index (κ2) is 7.51. The molecule has 4 aromatic rings. The summed E-state index contributed by atoms with van der Waals surface area (Å²) >= 11 is 0. The smallest absolute Gasteiger partial charge is 0.332 e. The molecule has 8 nitrogen and oxygen atoms in total.